The molecule has 0 radical (unpaired) electrons. The van der Waals surface area contributed by atoms with Gasteiger partial charge in [-0.2, -0.15) is 5.10 Å². The number of ether oxygens (including phenoxy) is 3. The molecule has 7 heteroatoms. The highest BCUT2D eigenvalue weighted by Crippen LogP contribution is 2.23. The predicted molar refractivity (Wildman–Crippen MR) is 83.1 cm³/mol. The summed E-state index contributed by atoms with van der Waals surface area (Å²) in [6.07, 6.45) is 5.94. The second kappa shape index (κ2) is 7.90. The molecular formula is C16H25N3O4. The third-order valence-electron chi connectivity index (χ3n) is 4.24. The molecule has 3 rings (SSSR count). The van der Waals surface area contributed by atoms with Crippen LogP contribution in [-0.4, -0.2) is 48.2 Å². The number of nitrogens with zero attached hydrogens (tertiary/aromatic N) is 2. The van der Waals surface area contributed by atoms with Gasteiger partial charge in [-0.1, -0.05) is 0 Å². The molecule has 1 unspecified atom stereocenters. The summed E-state index contributed by atoms with van der Waals surface area (Å²) >= 11 is 0. The van der Waals surface area contributed by atoms with Gasteiger partial charge < -0.3 is 19.5 Å². The largest absolute Gasteiger partial charge is 0.461 e. The van der Waals surface area contributed by atoms with E-state index >= 15 is 0 Å². The fraction of sp³-hybridized carbons (Fsp3) is 0.750. The molecule has 2 aliphatic heterocycles. The molecular weight excluding hydrogens is 298 g/mol. The Hall–Kier alpha value is -1.44. The van der Waals surface area contributed by atoms with E-state index in [4.69, 9.17) is 14.2 Å². The van der Waals surface area contributed by atoms with Gasteiger partial charge in [0.25, 0.3) is 0 Å². The summed E-state index contributed by atoms with van der Waals surface area (Å²) in [6, 6.07) is 0.333. The van der Waals surface area contributed by atoms with Gasteiger partial charge in [0.05, 0.1) is 13.2 Å². The SMILES string of the molecule is CCOC(=O)c1nn(C2CCCCO2)cc1CN[C@H]1CCOC1. The standard InChI is InChI=1S/C16H25N3O4/c1-2-22-16(20)15-12(9-17-13-6-8-21-11-13)10-19(18-15)14-5-3-4-7-23-14/h10,13-14,17H,2-9,11H2,1H3/t13-,14?/m0/s1. The summed E-state index contributed by atoms with van der Waals surface area (Å²) in [7, 11) is 0. The average Bonchev–Trinajstić information content (AvgIpc) is 3.23. The molecule has 0 bridgehead atoms. The fourth-order valence-corrected chi connectivity index (χ4v) is 2.96. The molecule has 7 nitrogen and oxygen atoms in total. The first-order chi connectivity index (χ1) is 11.3. The van der Waals surface area contributed by atoms with Crippen LogP contribution in [0.2, 0.25) is 0 Å². The van der Waals surface area contributed by atoms with Crippen molar-refractivity contribution in [2.24, 2.45) is 0 Å². The molecule has 128 valence electrons. The number of hydrogen-bond donors (Lipinski definition) is 1. The summed E-state index contributed by atoms with van der Waals surface area (Å²) in [5.74, 6) is -0.374. The Morgan fingerprint density at radius 3 is 3.04 bits per heavy atom. The Labute approximate surface area is 136 Å². The van der Waals surface area contributed by atoms with E-state index in [1.165, 1.54) is 0 Å². The Bertz CT molecular complexity index is 519. The van der Waals surface area contributed by atoms with Gasteiger partial charge in [-0.25, -0.2) is 9.48 Å². The third-order valence-corrected chi connectivity index (χ3v) is 4.24. The van der Waals surface area contributed by atoms with Crippen LogP contribution < -0.4 is 5.32 Å². The van der Waals surface area contributed by atoms with Crippen LogP contribution in [0.4, 0.5) is 0 Å². The van der Waals surface area contributed by atoms with E-state index < -0.39 is 0 Å². The van der Waals surface area contributed by atoms with Crippen molar-refractivity contribution >= 4 is 5.97 Å². The maximum atomic E-state index is 12.2. The maximum Gasteiger partial charge on any atom is 0.359 e. The van der Waals surface area contributed by atoms with Crippen LogP contribution in [0.1, 0.15) is 54.9 Å². The van der Waals surface area contributed by atoms with Crippen molar-refractivity contribution in [1.82, 2.24) is 15.1 Å². The van der Waals surface area contributed by atoms with Crippen LogP contribution in [0, 0.1) is 0 Å². The van der Waals surface area contributed by atoms with Crippen LogP contribution in [0.3, 0.4) is 0 Å². The lowest BCUT2D eigenvalue weighted by Crippen LogP contribution is -2.29. The van der Waals surface area contributed by atoms with Gasteiger partial charge in [0.1, 0.15) is 6.23 Å². The van der Waals surface area contributed by atoms with E-state index in [0.717, 1.165) is 44.5 Å². The predicted octanol–water partition coefficient (Wildman–Crippen LogP) is 1.64. The molecule has 2 fully saturated rings. The molecule has 2 aliphatic rings. The van der Waals surface area contributed by atoms with Crippen molar-refractivity contribution in [2.75, 3.05) is 26.4 Å². The van der Waals surface area contributed by atoms with Gasteiger partial charge in [0, 0.05) is 37.6 Å². The van der Waals surface area contributed by atoms with Gasteiger partial charge >= 0.3 is 5.97 Å². The van der Waals surface area contributed by atoms with Gasteiger partial charge in [-0.15, -0.1) is 0 Å². The van der Waals surface area contributed by atoms with Crippen LogP contribution in [0.15, 0.2) is 6.20 Å². The molecule has 3 heterocycles. The van der Waals surface area contributed by atoms with Crippen LogP contribution in [0.5, 0.6) is 0 Å². The highest BCUT2D eigenvalue weighted by atomic mass is 16.5. The maximum absolute atomic E-state index is 12.2. The van der Waals surface area contributed by atoms with Crippen LogP contribution in [0.25, 0.3) is 0 Å². The molecule has 23 heavy (non-hydrogen) atoms. The van der Waals surface area contributed by atoms with Crippen molar-refractivity contribution < 1.29 is 19.0 Å². The first-order valence-corrected chi connectivity index (χ1v) is 8.45. The molecule has 1 aromatic heterocycles. The van der Waals surface area contributed by atoms with E-state index in [9.17, 15) is 4.79 Å². The summed E-state index contributed by atoms with van der Waals surface area (Å²) in [6.45, 7) is 4.97. The van der Waals surface area contributed by atoms with Crippen LogP contribution in [-0.2, 0) is 20.8 Å². The molecule has 0 amide bonds. The zero-order valence-corrected chi connectivity index (χ0v) is 13.6. The summed E-state index contributed by atoms with van der Waals surface area (Å²) in [5, 5.41) is 7.87. The summed E-state index contributed by atoms with van der Waals surface area (Å²) in [5.41, 5.74) is 1.23. The highest BCUT2D eigenvalue weighted by molar-refractivity contribution is 5.88. The quantitative estimate of drug-likeness (QED) is 0.802. The van der Waals surface area contributed by atoms with E-state index in [1.807, 2.05) is 6.20 Å². The third kappa shape index (κ3) is 4.10. The second-order valence-electron chi connectivity index (χ2n) is 5.97. The van der Waals surface area contributed by atoms with Crippen molar-refractivity contribution in [3.8, 4) is 0 Å². The number of hydrogen-bond acceptors (Lipinski definition) is 6. The Morgan fingerprint density at radius 2 is 2.35 bits per heavy atom. The highest BCUT2D eigenvalue weighted by Gasteiger charge is 2.24. The molecule has 2 atom stereocenters. The fourth-order valence-electron chi connectivity index (χ4n) is 2.96. The number of carbonyl (C=O) groups is 1. The lowest BCUT2D eigenvalue weighted by atomic mass is 10.2. The first kappa shape index (κ1) is 16.4. The first-order valence-electron chi connectivity index (χ1n) is 8.45. The Kier molecular flexibility index (Phi) is 5.64. The zero-order valence-electron chi connectivity index (χ0n) is 13.6. The van der Waals surface area contributed by atoms with E-state index in [1.54, 1.807) is 11.6 Å². The topological polar surface area (TPSA) is 74.6 Å². The number of rotatable bonds is 6. The number of aromatic nitrogens is 2. The van der Waals surface area contributed by atoms with Crippen LogP contribution >= 0.6 is 0 Å². The van der Waals surface area contributed by atoms with Crippen molar-refractivity contribution in [3.05, 3.63) is 17.5 Å². The van der Waals surface area contributed by atoms with Gasteiger partial charge in [-0.05, 0) is 32.6 Å². The lowest BCUT2D eigenvalue weighted by Gasteiger charge is -2.22. The minimum absolute atomic E-state index is 0.0829. The number of carbonyl (C=O) groups excluding carboxylic acids is 1. The molecule has 1 N–H and O–H groups in total. The Morgan fingerprint density at radius 1 is 1.43 bits per heavy atom. The Balaban J connectivity index is 1.73. The molecule has 1 aromatic rings. The average molecular weight is 323 g/mol. The summed E-state index contributed by atoms with van der Waals surface area (Å²) in [4.78, 5) is 12.2. The smallest absolute Gasteiger partial charge is 0.359 e. The second-order valence-corrected chi connectivity index (χ2v) is 5.97. The molecule has 0 saturated carbocycles. The minimum atomic E-state index is -0.374. The van der Waals surface area contributed by atoms with E-state index in [-0.39, 0.29) is 12.2 Å². The van der Waals surface area contributed by atoms with E-state index in [0.29, 0.717) is 31.5 Å². The molecule has 0 aliphatic carbocycles. The monoisotopic (exact) mass is 323 g/mol. The number of nitrogens with one attached hydrogen (secondary N) is 1. The van der Waals surface area contributed by atoms with Gasteiger partial charge in [0.15, 0.2) is 5.69 Å². The normalized spacial score (nSPS) is 24.7. The van der Waals surface area contributed by atoms with Gasteiger partial charge in [-0.3, -0.25) is 0 Å². The van der Waals surface area contributed by atoms with E-state index in [2.05, 4.69) is 10.4 Å². The van der Waals surface area contributed by atoms with Gasteiger partial charge in [0.2, 0.25) is 0 Å². The lowest BCUT2D eigenvalue weighted by molar-refractivity contribution is -0.0397. The van der Waals surface area contributed by atoms with Crippen molar-refractivity contribution in [2.45, 2.75) is 51.4 Å². The molecule has 2 saturated heterocycles. The molecule has 0 aromatic carbocycles. The summed E-state index contributed by atoms with van der Waals surface area (Å²) < 4.78 is 18.0. The van der Waals surface area contributed by atoms with Crippen molar-refractivity contribution in [1.29, 1.82) is 0 Å². The zero-order chi connectivity index (χ0) is 16.1. The molecule has 0 spiro atoms. The number of esters is 1. The minimum Gasteiger partial charge on any atom is -0.461 e. The van der Waals surface area contributed by atoms with Crippen molar-refractivity contribution in [3.63, 3.8) is 0 Å².